The molecule has 0 aliphatic carbocycles. The minimum Gasteiger partial charge on any atom is -0.462 e. The zero-order chi connectivity index (χ0) is 55.7. The third-order valence-electron chi connectivity index (χ3n) is 15.3. The molecule has 0 aliphatic heterocycles. The van der Waals surface area contributed by atoms with E-state index in [1.165, 1.54) is 244 Å². The van der Waals surface area contributed by atoms with E-state index in [2.05, 4.69) is 69.4 Å². The first-order valence-electron chi connectivity index (χ1n) is 34.1. The molecule has 1 unspecified atom stereocenters. The molecule has 0 N–H and O–H groups in total. The highest BCUT2D eigenvalue weighted by Gasteiger charge is 2.19. The van der Waals surface area contributed by atoms with Crippen LogP contribution in [-0.2, 0) is 28.6 Å². The van der Waals surface area contributed by atoms with Crippen LogP contribution in [-0.4, -0.2) is 37.2 Å². The molecule has 0 spiro atoms. The molecule has 0 radical (unpaired) electrons. The quantitative estimate of drug-likeness (QED) is 0.0261. The zero-order valence-corrected chi connectivity index (χ0v) is 51.7. The van der Waals surface area contributed by atoms with Crippen molar-refractivity contribution in [2.45, 2.75) is 374 Å². The van der Waals surface area contributed by atoms with Gasteiger partial charge in [0.2, 0.25) is 0 Å². The van der Waals surface area contributed by atoms with E-state index >= 15 is 0 Å². The number of ether oxygens (including phenoxy) is 3. The lowest BCUT2D eigenvalue weighted by molar-refractivity contribution is -0.167. The van der Waals surface area contributed by atoms with Crippen LogP contribution in [0.5, 0.6) is 0 Å². The number of carbonyl (C=O) groups is 3. The van der Waals surface area contributed by atoms with Crippen molar-refractivity contribution in [3.63, 3.8) is 0 Å². The second-order valence-electron chi connectivity index (χ2n) is 23.1. The minimum absolute atomic E-state index is 0.0646. The first-order chi connectivity index (χ1) is 38.0. The molecule has 0 bridgehead atoms. The molecule has 0 fully saturated rings. The van der Waals surface area contributed by atoms with E-state index in [4.69, 9.17) is 14.2 Å². The molecule has 0 aromatic rings. The summed E-state index contributed by atoms with van der Waals surface area (Å²) in [6, 6.07) is 0. The average molecular weight is 1080 g/mol. The van der Waals surface area contributed by atoms with Crippen LogP contribution in [0.4, 0.5) is 0 Å². The summed E-state index contributed by atoms with van der Waals surface area (Å²) in [4.78, 5) is 38.2. The van der Waals surface area contributed by atoms with Crippen LogP contribution < -0.4 is 0 Å². The molecule has 1 atom stereocenters. The zero-order valence-electron chi connectivity index (χ0n) is 51.7. The molecular formula is C71H130O6. The number of allylic oxidation sites excluding steroid dienone is 8. The average Bonchev–Trinajstić information content (AvgIpc) is 3.43. The van der Waals surface area contributed by atoms with Gasteiger partial charge in [-0.1, -0.05) is 339 Å². The van der Waals surface area contributed by atoms with Gasteiger partial charge in [0.15, 0.2) is 6.10 Å². The van der Waals surface area contributed by atoms with Crippen molar-refractivity contribution in [1.29, 1.82) is 0 Å². The van der Waals surface area contributed by atoms with Crippen molar-refractivity contribution in [2.75, 3.05) is 13.2 Å². The van der Waals surface area contributed by atoms with E-state index < -0.39 is 6.10 Å². The van der Waals surface area contributed by atoms with Crippen molar-refractivity contribution in [2.24, 2.45) is 0 Å². The van der Waals surface area contributed by atoms with Crippen LogP contribution in [0.3, 0.4) is 0 Å². The maximum absolute atomic E-state index is 12.8. The highest BCUT2D eigenvalue weighted by Crippen LogP contribution is 2.18. The lowest BCUT2D eigenvalue weighted by atomic mass is 10.0. The van der Waals surface area contributed by atoms with Gasteiger partial charge in [0.25, 0.3) is 0 Å². The fourth-order valence-corrected chi connectivity index (χ4v) is 10.3. The maximum atomic E-state index is 12.8. The number of hydrogen-bond acceptors (Lipinski definition) is 6. The summed E-state index contributed by atoms with van der Waals surface area (Å²) in [5.41, 5.74) is 0. The van der Waals surface area contributed by atoms with Crippen LogP contribution in [0.15, 0.2) is 48.6 Å². The Labute approximate surface area is 479 Å². The summed E-state index contributed by atoms with van der Waals surface area (Å²) in [7, 11) is 0. The van der Waals surface area contributed by atoms with E-state index in [1.54, 1.807) is 0 Å². The Morgan fingerprint density at radius 1 is 0.273 bits per heavy atom. The number of rotatable bonds is 63. The summed E-state index contributed by atoms with van der Waals surface area (Å²) >= 11 is 0. The standard InChI is InChI=1S/C71H130O6/c1-4-7-10-13-16-19-22-25-26-27-28-29-30-31-32-33-34-35-36-37-38-39-40-41-42-43-44-45-46-47-50-52-55-58-61-64-70(73)76-67-68(77-71(74)65-62-59-56-53-49-24-21-18-15-12-9-6-3)66-75-69(72)63-60-57-54-51-48-23-20-17-14-11-8-5-2/h7,10,16,19,25-26,28-29,68H,4-6,8-9,11-15,17-18,20-24,27,30-67H2,1-3H3/b10-7-,19-16-,26-25-,29-28-. The van der Waals surface area contributed by atoms with Gasteiger partial charge in [-0.25, -0.2) is 0 Å². The first kappa shape index (κ1) is 74.4. The summed E-state index contributed by atoms with van der Waals surface area (Å²) in [5.74, 6) is -0.839. The van der Waals surface area contributed by atoms with Crippen molar-refractivity contribution in [3.05, 3.63) is 48.6 Å². The van der Waals surface area contributed by atoms with Crippen LogP contribution in [0.25, 0.3) is 0 Å². The molecule has 0 amide bonds. The highest BCUT2D eigenvalue weighted by molar-refractivity contribution is 5.71. The van der Waals surface area contributed by atoms with Gasteiger partial charge in [0.05, 0.1) is 0 Å². The Morgan fingerprint density at radius 2 is 0.506 bits per heavy atom. The Morgan fingerprint density at radius 3 is 0.792 bits per heavy atom. The fraction of sp³-hybridized carbons (Fsp3) is 0.845. The molecule has 6 nitrogen and oxygen atoms in total. The van der Waals surface area contributed by atoms with Crippen molar-refractivity contribution >= 4 is 17.9 Å². The van der Waals surface area contributed by atoms with Gasteiger partial charge in [-0.3, -0.25) is 14.4 Å². The fourth-order valence-electron chi connectivity index (χ4n) is 10.3. The Kier molecular flexibility index (Phi) is 63.6. The summed E-state index contributed by atoms with van der Waals surface area (Å²) in [6.07, 6.45) is 83.0. The number of esters is 3. The Balaban J connectivity index is 3.99. The van der Waals surface area contributed by atoms with Crippen LogP contribution in [0.2, 0.25) is 0 Å². The molecule has 0 aliphatic rings. The molecule has 0 saturated heterocycles. The van der Waals surface area contributed by atoms with E-state index in [-0.39, 0.29) is 31.1 Å². The molecule has 0 rings (SSSR count). The largest absolute Gasteiger partial charge is 0.462 e. The third-order valence-corrected chi connectivity index (χ3v) is 15.3. The van der Waals surface area contributed by atoms with Gasteiger partial charge in [-0.2, -0.15) is 0 Å². The van der Waals surface area contributed by atoms with Crippen molar-refractivity contribution < 1.29 is 28.6 Å². The van der Waals surface area contributed by atoms with Gasteiger partial charge < -0.3 is 14.2 Å². The van der Waals surface area contributed by atoms with Crippen molar-refractivity contribution in [3.8, 4) is 0 Å². The topological polar surface area (TPSA) is 78.9 Å². The SMILES string of the molecule is CC/C=C\C/C=C\C/C=C\C/C=C\CCCCCCCCCCCCCCCCCCCCCCCCC(=O)OCC(COC(=O)CCCCCCCCCCCCCC)OC(=O)CCCCCCCCCCCCCC. The van der Waals surface area contributed by atoms with Crippen LogP contribution >= 0.6 is 0 Å². The monoisotopic (exact) mass is 1080 g/mol. The molecule has 77 heavy (non-hydrogen) atoms. The van der Waals surface area contributed by atoms with Crippen LogP contribution in [0.1, 0.15) is 367 Å². The molecule has 0 heterocycles. The molecule has 0 aromatic carbocycles. The van der Waals surface area contributed by atoms with Gasteiger partial charge in [0, 0.05) is 19.3 Å². The smallest absolute Gasteiger partial charge is 0.306 e. The Hall–Kier alpha value is -2.63. The lowest BCUT2D eigenvalue weighted by Crippen LogP contribution is -2.30. The second kappa shape index (κ2) is 65.9. The van der Waals surface area contributed by atoms with E-state index in [0.29, 0.717) is 19.3 Å². The molecule has 450 valence electrons. The molecule has 0 aromatic heterocycles. The molecule has 0 saturated carbocycles. The van der Waals surface area contributed by atoms with Gasteiger partial charge in [-0.05, 0) is 57.8 Å². The lowest BCUT2D eigenvalue weighted by Gasteiger charge is -2.18. The predicted molar refractivity (Wildman–Crippen MR) is 335 cm³/mol. The second-order valence-corrected chi connectivity index (χ2v) is 23.1. The van der Waals surface area contributed by atoms with Crippen LogP contribution in [0, 0.1) is 0 Å². The first-order valence-corrected chi connectivity index (χ1v) is 34.1. The Bertz CT molecular complexity index is 1330. The molecule has 6 heteroatoms. The number of unbranched alkanes of at least 4 members (excludes halogenated alkanes) is 44. The maximum Gasteiger partial charge on any atom is 0.306 e. The number of carbonyl (C=O) groups excluding carboxylic acids is 3. The van der Waals surface area contributed by atoms with E-state index in [9.17, 15) is 14.4 Å². The normalized spacial score (nSPS) is 12.3. The summed E-state index contributed by atoms with van der Waals surface area (Å²) < 4.78 is 16.9. The summed E-state index contributed by atoms with van der Waals surface area (Å²) in [6.45, 7) is 6.57. The van der Waals surface area contributed by atoms with E-state index in [0.717, 1.165) is 83.5 Å². The van der Waals surface area contributed by atoms with Crippen molar-refractivity contribution in [1.82, 2.24) is 0 Å². The van der Waals surface area contributed by atoms with Gasteiger partial charge in [0.1, 0.15) is 13.2 Å². The van der Waals surface area contributed by atoms with E-state index in [1.807, 2.05) is 0 Å². The predicted octanol–water partition coefficient (Wildman–Crippen LogP) is 23.3. The number of hydrogen-bond donors (Lipinski definition) is 0. The van der Waals surface area contributed by atoms with Gasteiger partial charge >= 0.3 is 17.9 Å². The highest BCUT2D eigenvalue weighted by atomic mass is 16.6. The minimum atomic E-state index is -0.765. The molecular weight excluding hydrogens is 949 g/mol. The van der Waals surface area contributed by atoms with Gasteiger partial charge in [-0.15, -0.1) is 0 Å². The summed E-state index contributed by atoms with van der Waals surface area (Å²) in [5, 5.41) is 0. The third kappa shape index (κ3) is 64.1.